The van der Waals surface area contributed by atoms with Gasteiger partial charge in [0.2, 0.25) is 0 Å². The number of fused-ring (bicyclic) bond motifs is 2. The number of aryl methyl sites for hydroxylation is 1. The molecular weight excluding hydrogens is 728 g/mol. The number of hydrogen-bond acceptors (Lipinski definition) is 12. The second kappa shape index (κ2) is 15.1. The van der Waals surface area contributed by atoms with Crippen molar-refractivity contribution >= 4 is 60.8 Å². The second-order valence-electron chi connectivity index (χ2n) is 14.7. The smallest absolute Gasteiger partial charge is 0.355 e. The van der Waals surface area contributed by atoms with Gasteiger partial charge in [-0.15, -0.1) is 21.5 Å². The molecule has 0 unspecified atom stereocenters. The molecular formula is C38H41FN10O3S2. The van der Waals surface area contributed by atoms with Crippen molar-refractivity contribution < 1.29 is 19.0 Å². The van der Waals surface area contributed by atoms with Crippen LogP contribution in [0.1, 0.15) is 77.0 Å². The fourth-order valence-corrected chi connectivity index (χ4v) is 10.4. The fourth-order valence-electron chi connectivity index (χ4n) is 8.39. The third kappa shape index (κ3) is 7.06. The van der Waals surface area contributed by atoms with E-state index in [1.807, 2.05) is 42.2 Å². The summed E-state index contributed by atoms with van der Waals surface area (Å²) in [5, 5.41) is 30.9. The minimum Gasteiger partial charge on any atom is -0.491 e. The number of aromatic nitrogens is 4. The highest BCUT2D eigenvalue weighted by Gasteiger charge is 2.67. The Bertz CT molecular complexity index is 2200. The van der Waals surface area contributed by atoms with Gasteiger partial charge in [0.1, 0.15) is 0 Å². The first-order valence-corrected chi connectivity index (χ1v) is 20.0. The molecule has 4 aliphatic rings. The van der Waals surface area contributed by atoms with Crippen molar-refractivity contribution in [2.24, 2.45) is 10.5 Å². The Hall–Kier alpha value is -4.89. The zero-order valence-corrected chi connectivity index (χ0v) is 31.6. The maximum Gasteiger partial charge on any atom is 0.355 e. The molecule has 0 radical (unpaired) electrons. The molecule has 3 fully saturated rings. The second-order valence-corrected chi connectivity index (χ2v) is 16.8. The molecule has 280 valence electrons. The molecule has 5 aromatic rings. The quantitative estimate of drug-likeness (QED) is 0.0360. The van der Waals surface area contributed by atoms with Crippen LogP contribution in [0.3, 0.4) is 0 Å². The van der Waals surface area contributed by atoms with E-state index in [9.17, 15) is 9.90 Å². The molecule has 3 N–H and O–H groups in total. The van der Waals surface area contributed by atoms with Gasteiger partial charge in [-0.25, -0.2) is 19.2 Å². The lowest BCUT2D eigenvalue weighted by molar-refractivity contribution is -0.138. The summed E-state index contributed by atoms with van der Waals surface area (Å²) >= 11 is 2.90. The Morgan fingerprint density at radius 1 is 1.13 bits per heavy atom. The summed E-state index contributed by atoms with van der Waals surface area (Å²) in [5.41, 5.74) is 12.8. The Morgan fingerprint density at radius 3 is 2.78 bits per heavy atom. The molecule has 3 saturated carbocycles. The normalized spacial score (nSPS) is 19.8. The lowest BCUT2D eigenvalue weighted by Crippen LogP contribution is -2.67. The highest BCUT2D eigenvalue weighted by atomic mass is 32.1. The Balaban J connectivity index is 0.856. The standard InChI is InChI=1S/C38H41FN10O3S2/c1-23-25-8-6-16-49(33(25)47-46-32(23)45-35-43-27-9-2-3-10-29(27)53-35)36-44-31(34(50)51)30(54-36)11-7-17-52-28-13-12-24(18-26(28)39)38-19-37(20-38,21-38)22-41-14-4-5-15-42-48-40/h2-3,9-10,12-13,18,41H,4-8,11,14-17,19-22H2,1H3,(H,50,51)(H,43,45,46). The number of aromatic carboxylic acids is 1. The van der Waals surface area contributed by atoms with Gasteiger partial charge in [-0.3, -0.25) is 0 Å². The van der Waals surface area contributed by atoms with Crippen LogP contribution in [0.2, 0.25) is 0 Å². The molecule has 0 amide bonds. The van der Waals surface area contributed by atoms with Crippen LogP contribution in [-0.4, -0.2) is 64.0 Å². The molecule has 2 bridgehead atoms. The number of thiazole rings is 2. The van der Waals surface area contributed by atoms with Crippen LogP contribution in [-0.2, 0) is 18.3 Å². The number of halogens is 1. The van der Waals surface area contributed by atoms with E-state index < -0.39 is 5.97 Å². The number of anilines is 4. The number of carboxylic acids is 1. The SMILES string of the molecule is Cc1c(Nc2nc3ccccc3s2)nnc2c1CCCN2c1nc(C(=O)O)c(CCCOc2ccc(C34CC(CNCCCCN=[N+]=[N-])(C3)C4)cc2F)s1. The minimum atomic E-state index is -1.08. The first kappa shape index (κ1) is 36.1. The highest BCUT2D eigenvalue weighted by Crippen LogP contribution is 2.73. The molecule has 3 aliphatic carbocycles. The van der Waals surface area contributed by atoms with E-state index >= 15 is 4.39 Å². The number of azide groups is 1. The molecule has 4 heterocycles. The van der Waals surface area contributed by atoms with Crippen LogP contribution >= 0.6 is 22.7 Å². The van der Waals surface area contributed by atoms with Crippen LogP contribution in [0.15, 0.2) is 47.6 Å². The van der Waals surface area contributed by atoms with E-state index in [1.165, 1.54) is 11.3 Å². The monoisotopic (exact) mass is 768 g/mol. The molecule has 0 spiro atoms. The number of rotatable bonds is 17. The Morgan fingerprint density at radius 2 is 1.98 bits per heavy atom. The van der Waals surface area contributed by atoms with Crippen molar-refractivity contribution in [3.8, 4) is 5.75 Å². The van der Waals surface area contributed by atoms with E-state index in [1.54, 1.807) is 23.5 Å². The Kier molecular flexibility index (Phi) is 10.1. The summed E-state index contributed by atoms with van der Waals surface area (Å²) in [4.78, 5) is 26.9. The summed E-state index contributed by atoms with van der Waals surface area (Å²) in [6, 6.07) is 13.3. The summed E-state index contributed by atoms with van der Waals surface area (Å²) in [7, 11) is 0. The highest BCUT2D eigenvalue weighted by molar-refractivity contribution is 7.22. The summed E-state index contributed by atoms with van der Waals surface area (Å²) in [6.45, 7) is 5.32. The molecule has 3 aromatic heterocycles. The van der Waals surface area contributed by atoms with Crippen molar-refractivity contribution in [2.75, 3.05) is 43.0 Å². The zero-order valence-electron chi connectivity index (χ0n) is 30.0. The average molecular weight is 769 g/mol. The predicted molar refractivity (Wildman–Crippen MR) is 208 cm³/mol. The van der Waals surface area contributed by atoms with Crippen molar-refractivity contribution in [1.29, 1.82) is 0 Å². The average Bonchev–Trinajstić information content (AvgIpc) is 3.76. The third-order valence-corrected chi connectivity index (χ3v) is 13.0. The maximum atomic E-state index is 15.2. The number of hydrogen-bond donors (Lipinski definition) is 3. The van der Waals surface area contributed by atoms with E-state index in [4.69, 9.17) is 10.3 Å². The van der Waals surface area contributed by atoms with Gasteiger partial charge >= 0.3 is 5.97 Å². The number of ether oxygens (including phenoxy) is 1. The van der Waals surface area contributed by atoms with Crippen molar-refractivity contribution in [2.45, 2.75) is 70.1 Å². The summed E-state index contributed by atoms with van der Waals surface area (Å²) < 4.78 is 22.1. The number of nitrogens with one attached hydrogen (secondary N) is 2. The van der Waals surface area contributed by atoms with Crippen LogP contribution in [0, 0.1) is 18.2 Å². The van der Waals surface area contributed by atoms with Crippen LogP contribution in [0.4, 0.5) is 26.3 Å². The number of unbranched alkanes of at least 4 members (excludes halogenated alkanes) is 1. The lowest BCUT2D eigenvalue weighted by atomic mass is 9.33. The number of carbonyl (C=O) groups is 1. The molecule has 2 aromatic carbocycles. The topological polar surface area (TPSA) is 174 Å². The number of carboxylic acid groups (broad SMARTS) is 1. The van der Waals surface area contributed by atoms with Crippen LogP contribution < -0.4 is 20.3 Å². The molecule has 0 atom stereocenters. The number of nitrogens with zero attached hydrogens (tertiary/aromatic N) is 8. The molecule has 13 nitrogen and oxygen atoms in total. The largest absolute Gasteiger partial charge is 0.491 e. The fraction of sp³-hybridized carbons (Fsp3) is 0.447. The summed E-state index contributed by atoms with van der Waals surface area (Å²) in [5.74, 6) is 0.0969. The van der Waals surface area contributed by atoms with Gasteiger partial charge in [0, 0.05) is 40.6 Å². The van der Waals surface area contributed by atoms with E-state index in [-0.39, 0.29) is 29.3 Å². The first-order valence-electron chi connectivity index (χ1n) is 18.4. The van der Waals surface area contributed by atoms with Gasteiger partial charge in [0.05, 0.1) is 16.8 Å². The van der Waals surface area contributed by atoms with Crippen LogP contribution in [0.5, 0.6) is 5.75 Å². The van der Waals surface area contributed by atoms with E-state index in [0.717, 1.165) is 90.1 Å². The lowest BCUT2D eigenvalue weighted by Gasteiger charge is -2.71. The Labute approximate surface area is 319 Å². The van der Waals surface area contributed by atoms with Gasteiger partial charge in [-0.1, -0.05) is 34.7 Å². The number of para-hydroxylation sites is 1. The van der Waals surface area contributed by atoms with E-state index in [2.05, 4.69) is 40.8 Å². The van der Waals surface area contributed by atoms with Gasteiger partial charge in [-0.05, 0) is 117 Å². The molecule has 1 aliphatic heterocycles. The van der Waals surface area contributed by atoms with Gasteiger partial charge in [0.15, 0.2) is 39.2 Å². The van der Waals surface area contributed by atoms with Crippen molar-refractivity contribution in [3.63, 3.8) is 0 Å². The number of benzene rings is 2. The van der Waals surface area contributed by atoms with Crippen molar-refractivity contribution in [1.82, 2.24) is 25.5 Å². The predicted octanol–water partition coefficient (Wildman–Crippen LogP) is 8.63. The van der Waals surface area contributed by atoms with Gasteiger partial charge in [0.25, 0.3) is 0 Å². The minimum absolute atomic E-state index is 0.0216. The summed E-state index contributed by atoms with van der Waals surface area (Å²) in [6.07, 6.45) is 7.67. The maximum absolute atomic E-state index is 15.2. The van der Waals surface area contributed by atoms with E-state index in [0.29, 0.717) is 53.0 Å². The third-order valence-electron chi connectivity index (χ3n) is 10.9. The van der Waals surface area contributed by atoms with Gasteiger partial charge < -0.3 is 25.4 Å². The molecule has 16 heteroatoms. The molecule has 9 rings (SSSR count). The molecule has 0 saturated heterocycles. The van der Waals surface area contributed by atoms with Crippen LogP contribution in [0.25, 0.3) is 20.7 Å². The zero-order chi connectivity index (χ0) is 37.3. The van der Waals surface area contributed by atoms with Crippen molar-refractivity contribution in [3.05, 3.63) is 86.0 Å². The first-order chi connectivity index (χ1) is 26.3. The molecule has 54 heavy (non-hydrogen) atoms. The van der Waals surface area contributed by atoms with Gasteiger partial charge in [-0.2, -0.15) is 0 Å².